The molecule has 0 unspecified atom stereocenters. The van der Waals surface area contributed by atoms with Crippen LogP contribution in [0.3, 0.4) is 0 Å². The quantitative estimate of drug-likeness (QED) is 0.590. The number of benzene rings is 1. The zero-order valence-electron chi connectivity index (χ0n) is 15.6. The van der Waals surface area contributed by atoms with E-state index in [0.717, 1.165) is 61.5 Å². The molecular formula is C18H26ClN5O2S. The van der Waals surface area contributed by atoms with Crippen molar-refractivity contribution in [2.45, 2.75) is 13.2 Å². The molecule has 0 spiro atoms. The predicted octanol–water partition coefficient (Wildman–Crippen LogP) is 2.37. The highest BCUT2D eigenvalue weighted by Gasteiger charge is 2.17. The van der Waals surface area contributed by atoms with Gasteiger partial charge in [-0.25, -0.2) is 4.68 Å². The molecule has 9 heteroatoms. The van der Waals surface area contributed by atoms with E-state index in [1.165, 1.54) is 0 Å². The lowest BCUT2D eigenvalue weighted by Crippen LogP contribution is -2.47. The summed E-state index contributed by atoms with van der Waals surface area (Å²) in [7, 11) is 1.69. The van der Waals surface area contributed by atoms with Gasteiger partial charge in [-0.3, -0.25) is 9.80 Å². The largest absolute Gasteiger partial charge is 0.492 e. The molecule has 7 nitrogen and oxygen atoms in total. The van der Waals surface area contributed by atoms with Crippen LogP contribution >= 0.6 is 23.8 Å². The minimum atomic E-state index is 0.636. The lowest BCUT2D eigenvalue weighted by molar-refractivity contribution is 0.0919. The number of piperazine rings is 1. The maximum atomic E-state index is 5.88. The van der Waals surface area contributed by atoms with E-state index in [1.54, 1.807) is 13.4 Å². The SMILES string of the molecule is COCCn1cnn(CN2CCN(CCOc3ccc(Cl)cc3)CC2)c1=S. The highest BCUT2D eigenvalue weighted by atomic mass is 35.5. The first-order valence-electron chi connectivity index (χ1n) is 9.10. The van der Waals surface area contributed by atoms with E-state index in [1.807, 2.05) is 33.5 Å². The molecule has 1 aromatic heterocycles. The second-order valence-corrected chi connectivity index (χ2v) is 7.30. The average Bonchev–Trinajstić information content (AvgIpc) is 3.03. The zero-order chi connectivity index (χ0) is 19.1. The molecular weight excluding hydrogens is 386 g/mol. The van der Waals surface area contributed by atoms with Crippen molar-refractivity contribution >= 4 is 23.8 Å². The van der Waals surface area contributed by atoms with E-state index in [0.29, 0.717) is 13.2 Å². The van der Waals surface area contributed by atoms with Crippen molar-refractivity contribution in [1.82, 2.24) is 24.1 Å². The monoisotopic (exact) mass is 411 g/mol. The van der Waals surface area contributed by atoms with Crippen LogP contribution in [0.1, 0.15) is 0 Å². The van der Waals surface area contributed by atoms with Gasteiger partial charge in [-0.15, -0.1) is 0 Å². The second-order valence-electron chi connectivity index (χ2n) is 6.50. The molecule has 0 amide bonds. The molecule has 2 heterocycles. The number of halogens is 1. The summed E-state index contributed by atoms with van der Waals surface area (Å²) >= 11 is 11.4. The highest BCUT2D eigenvalue weighted by Crippen LogP contribution is 2.15. The van der Waals surface area contributed by atoms with Gasteiger partial charge in [-0.05, 0) is 36.5 Å². The van der Waals surface area contributed by atoms with Crippen molar-refractivity contribution < 1.29 is 9.47 Å². The standard InChI is InChI=1S/C18H26ClN5O2S/c1-25-12-11-23-14-20-24(18(23)27)15-22-8-6-21(7-9-22)10-13-26-17-4-2-16(19)3-5-17/h2-5,14H,6-13,15H2,1H3. The van der Waals surface area contributed by atoms with Gasteiger partial charge in [0.2, 0.25) is 0 Å². The maximum Gasteiger partial charge on any atom is 0.198 e. The summed E-state index contributed by atoms with van der Waals surface area (Å²) in [5.41, 5.74) is 0. The van der Waals surface area contributed by atoms with Gasteiger partial charge in [0.25, 0.3) is 0 Å². The van der Waals surface area contributed by atoms with Crippen molar-refractivity contribution in [3.63, 3.8) is 0 Å². The molecule has 1 aromatic carbocycles. The third kappa shape index (κ3) is 6.02. The summed E-state index contributed by atoms with van der Waals surface area (Å²) < 4.78 is 15.5. The van der Waals surface area contributed by atoms with Crippen LogP contribution in [-0.4, -0.2) is 77.2 Å². The molecule has 2 aromatic rings. The summed E-state index contributed by atoms with van der Waals surface area (Å²) in [4.78, 5) is 4.79. The van der Waals surface area contributed by atoms with E-state index in [2.05, 4.69) is 14.9 Å². The van der Waals surface area contributed by atoms with Crippen molar-refractivity contribution in [3.05, 3.63) is 40.4 Å². The predicted molar refractivity (Wildman–Crippen MR) is 108 cm³/mol. The van der Waals surface area contributed by atoms with Crippen molar-refractivity contribution in [3.8, 4) is 5.75 Å². The molecule has 148 valence electrons. The number of hydrogen-bond acceptors (Lipinski definition) is 6. The number of aromatic nitrogens is 3. The lowest BCUT2D eigenvalue weighted by atomic mass is 10.3. The van der Waals surface area contributed by atoms with E-state index >= 15 is 0 Å². The van der Waals surface area contributed by atoms with Crippen molar-refractivity contribution in [2.75, 3.05) is 53.0 Å². The van der Waals surface area contributed by atoms with Crippen LogP contribution < -0.4 is 4.74 Å². The maximum absolute atomic E-state index is 5.88. The van der Waals surface area contributed by atoms with Gasteiger partial charge in [-0.2, -0.15) is 5.10 Å². The van der Waals surface area contributed by atoms with Crippen LogP contribution in [0, 0.1) is 4.77 Å². The number of nitrogens with zero attached hydrogens (tertiary/aromatic N) is 5. The Hall–Kier alpha value is -1.45. The first kappa shape index (κ1) is 20.3. The molecule has 0 radical (unpaired) electrons. The molecule has 27 heavy (non-hydrogen) atoms. The van der Waals surface area contributed by atoms with E-state index in [-0.39, 0.29) is 0 Å². The smallest absolute Gasteiger partial charge is 0.198 e. The fraction of sp³-hybridized carbons (Fsp3) is 0.556. The Labute approximate surface area is 170 Å². The fourth-order valence-corrected chi connectivity index (χ4v) is 3.35. The molecule has 1 aliphatic rings. The number of rotatable bonds is 9. The molecule has 1 saturated heterocycles. The van der Waals surface area contributed by atoms with Gasteiger partial charge in [0.1, 0.15) is 18.7 Å². The molecule has 1 aliphatic heterocycles. The summed E-state index contributed by atoms with van der Waals surface area (Å²) in [6, 6.07) is 7.49. The summed E-state index contributed by atoms with van der Waals surface area (Å²) in [5, 5.41) is 5.13. The van der Waals surface area contributed by atoms with Crippen LogP contribution in [0.4, 0.5) is 0 Å². The van der Waals surface area contributed by atoms with Gasteiger partial charge in [-0.1, -0.05) is 11.6 Å². The highest BCUT2D eigenvalue weighted by molar-refractivity contribution is 7.71. The first-order chi connectivity index (χ1) is 13.2. The number of ether oxygens (including phenoxy) is 2. The van der Waals surface area contributed by atoms with Crippen LogP contribution in [-0.2, 0) is 18.0 Å². The normalized spacial score (nSPS) is 15.9. The van der Waals surface area contributed by atoms with Gasteiger partial charge in [0.05, 0.1) is 13.3 Å². The summed E-state index contributed by atoms with van der Waals surface area (Å²) in [5.74, 6) is 0.858. The lowest BCUT2D eigenvalue weighted by Gasteiger charge is -2.34. The second kappa shape index (κ2) is 10.2. The molecule has 0 saturated carbocycles. The minimum Gasteiger partial charge on any atom is -0.492 e. The third-order valence-corrected chi connectivity index (χ3v) is 5.32. The summed E-state index contributed by atoms with van der Waals surface area (Å²) in [6.07, 6.45) is 1.78. The van der Waals surface area contributed by atoms with Gasteiger partial charge >= 0.3 is 0 Å². The van der Waals surface area contributed by atoms with Crippen LogP contribution in [0.2, 0.25) is 5.02 Å². The van der Waals surface area contributed by atoms with E-state index < -0.39 is 0 Å². The van der Waals surface area contributed by atoms with Crippen LogP contribution in [0.25, 0.3) is 0 Å². The minimum absolute atomic E-state index is 0.636. The Balaban J connectivity index is 1.38. The average molecular weight is 412 g/mol. The molecule has 3 rings (SSSR count). The van der Waals surface area contributed by atoms with Crippen molar-refractivity contribution in [1.29, 1.82) is 0 Å². The Morgan fingerprint density at radius 1 is 1.04 bits per heavy atom. The van der Waals surface area contributed by atoms with E-state index in [9.17, 15) is 0 Å². The molecule has 0 atom stereocenters. The van der Waals surface area contributed by atoms with E-state index in [4.69, 9.17) is 33.3 Å². The molecule has 0 bridgehead atoms. The van der Waals surface area contributed by atoms with Gasteiger partial charge in [0, 0.05) is 51.4 Å². The topological polar surface area (TPSA) is 47.7 Å². The summed E-state index contributed by atoms with van der Waals surface area (Å²) in [6.45, 7) is 7.71. The number of methoxy groups -OCH3 is 1. The Morgan fingerprint density at radius 3 is 2.44 bits per heavy atom. The van der Waals surface area contributed by atoms with Crippen molar-refractivity contribution in [2.24, 2.45) is 0 Å². The third-order valence-electron chi connectivity index (χ3n) is 4.62. The molecule has 0 aliphatic carbocycles. The van der Waals surface area contributed by atoms with Gasteiger partial charge in [0.15, 0.2) is 4.77 Å². The van der Waals surface area contributed by atoms with Crippen LogP contribution in [0.5, 0.6) is 5.75 Å². The molecule has 0 N–H and O–H groups in total. The fourth-order valence-electron chi connectivity index (χ4n) is 2.98. The Morgan fingerprint density at radius 2 is 1.74 bits per heavy atom. The Bertz CT molecular complexity index is 756. The van der Waals surface area contributed by atoms with Gasteiger partial charge < -0.3 is 14.0 Å². The first-order valence-corrected chi connectivity index (χ1v) is 9.88. The molecule has 1 fully saturated rings. The van der Waals surface area contributed by atoms with Crippen LogP contribution in [0.15, 0.2) is 30.6 Å². The number of hydrogen-bond donors (Lipinski definition) is 0. The zero-order valence-corrected chi connectivity index (χ0v) is 17.2. The Kier molecular flexibility index (Phi) is 7.66.